The van der Waals surface area contributed by atoms with Gasteiger partial charge in [-0.1, -0.05) is 36.9 Å². The summed E-state index contributed by atoms with van der Waals surface area (Å²) in [7, 11) is 0. The summed E-state index contributed by atoms with van der Waals surface area (Å²) in [4.78, 5) is 8.53. The first-order valence-corrected chi connectivity index (χ1v) is 5.24. The standard InChI is InChI=1S/C14H14N2/c1-4-5-6-12-7-8-13-11(3)15-9-16-14(13)10(12)2/h4-9H,1H2,2-3H3/b6-5-. The number of aryl methyl sites for hydroxylation is 2. The largest absolute Gasteiger partial charge is 0.241 e. The molecule has 2 heteroatoms. The third-order valence-corrected chi connectivity index (χ3v) is 2.71. The molecule has 0 saturated heterocycles. The van der Waals surface area contributed by atoms with E-state index in [0.717, 1.165) is 16.6 Å². The SMILES string of the molecule is C=C/C=C\c1ccc2c(C)ncnc2c1C. The van der Waals surface area contributed by atoms with Gasteiger partial charge in [0, 0.05) is 11.1 Å². The van der Waals surface area contributed by atoms with Crippen LogP contribution in [0.4, 0.5) is 0 Å². The quantitative estimate of drug-likeness (QED) is 0.709. The second kappa shape index (κ2) is 4.27. The van der Waals surface area contributed by atoms with Crippen LogP contribution in [-0.2, 0) is 0 Å². The summed E-state index contributed by atoms with van der Waals surface area (Å²) >= 11 is 0. The number of fused-ring (bicyclic) bond motifs is 1. The lowest BCUT2D eigenvalue weighted by Gasteiger charge is -2.06. The fourth-order valence-corrected chi connectivity index (χ4v) is 1.77. The van der Waals surface area contributed by atoms with Crippen molar-refractivity contribution in [3.63, 3.8) is 0 Å². The number of allylic oxidation sites excluding steroid dienone is 2. The molecule has 1 heterocycles. The lowest BCUT2D eigenvalue weighted by atomic mass is 10.0. The summed E-state index contributed by atoms with van der Waals surface area (Å²) in [5.41, 5.74) is 4.40. The fourth-order valence-electron chi connectivity index (χ4n) is 1.77. The third-order valence-electron chi connectivity index (χ3n) is 2.71. The fraction of sp³-hybridized carbons (Fsp3) is 0.143. The van der Waals surface area contributed by atoms with E-state index in [2.05, 4.69) is 35.6 Å². The average molecular weight is 210 g/mol. The Balaban J connectivity index is 2.70. The molecular weight excluding hydrogens is 196 g/mol. The predicted octanol–water partition coefficient (Wildman–Crippen LogP) is 3.45. The zero-order valence-electron chi connectivity index (χ0n) is 9.57. The summed E-state index contributed by atoms with van der Waals surface area (Å²) < 4.78 is 0. The number of benzene rings is 1. The van der Waals surface area contributed by atoms with E-state index in [1.54, 1.807) is 12.4 Å². The summed E-state index contributed by atoms with van der Waals surface area (Å²) in [6.07, 6.45) is 7.36. The van der Waals surface area contributed by atoms with Gasteiger partial charge in [0.15, 0.2) is 0 Å². The molecule has 2 nitrogen and oxygen atoms in total. The Hall–Kier alpha value is -1.96. The van der Waals surface area contributed by atoms with Crippen molar-refractivity contribution in [2.45, 2.75) is 13.8 Å². The molecular formula is C14H14N2. The second-order valence-corrected chi connectivity index (χ2v) is 3.73. The van der Waals surface area contributed by atoms with Crippen LogP contribution in [-0.4, -0.2) is 9.97 Å². The van der Waals surface area contributed by atoms with Gasteiger partial charge in [-0.2, -0.15) is 0 Å². The minimum Gasteiger partial charge on any atom is -0.241 e. The maximum absolute atomic E-state index is 4.34. The maximum Gasteiger partial charge on any atom is 0.116 e. The van der Waals surface area contributed by atoms with Crippen molar-refractivity contribution in [2.24, 2.45) is 0 Å². The van der Waals surface area contributed by atoms with Crippen molar-refractivity contribution in [1.82, 2.24) is 9.97 Å². The smallest absolute Gasteiger partial charge is 0.116 e. The molecule has 0 radical (unpaired) electrons. The van der Waals surface area contributed by atoms with Crippen LogP contribution >= 0.6 is 0 Å². The highest BCUT2D eigenvalue weighted by Crippen LogP contribution is 2.22. The predicted molar refractivity (Wildman–Crippen MR) is 68.2 cm³/mol. The topological polar surface area (TPSA) is 25.8 Å². The molecule has 0 aliphatic heterocycles. The second-order valence-electron chi connectivity index (χ2n) is 3.73. The van der Waals surface area contributed by atoms with Crippen molar-refractivity contribution in [3.05, 3.63) is 54.0 Å². The highest BCUT2D eigenvalue weighted by atomic mass is 14.8. The van der Waals surface area contributed by atoms with Crippen LogP contribution < -0.4 is 0 Å². The normalized spacial score (nSPS) is 11.1. The van der Waals surface area contributed by atoms with Gasteiger partial charge >= 0.3 is 0 Å². The van der Waals surface area contributed by atoms with Crippen LogP contribution in [0.2, 0.25) is 0 Å². The molecule has 0 N–H and O–H groups in total. The van der Waals surface area contributed by atoms with Gasteiger partial charge in [-0.3, -0.25) is 0 Å². The van der Waals surface area contributed by atoms with Crippen LogP contribution in [0.1, 0.15) is 16.8 Å². The zero-order chi connectivity index (χ0) is 11.5. The van der Waals surface area contributed by atoms with E-state index >= 15 is 0 Å². The van der Waals surface area contributed by atoms with Crippen LogP contribution in [0.25, 0.3) is 17.0 Å². The van der Waals surface area contributed by atoms with Crippen LogP contribution in [0.5, 0.6) is 0 Å². The molecule has 0 unspecified atom stereocenters. The Bertz CT molecular complexity index is 568. The number of hydrogen-bond donors (Lipinski definition) is 0. The Morgan fingerprint density at radius 2 is 2.00 bits per heavy atom. The van der Waals surface area contributed by atoms with Crippen LogP contribution in [0.3, 0.4) is 0 Å². The van der Waals surface area contributed by atoms with Gasteiger partial charge in [-0.25, -0.2) is 9.97 Å². The lowest BCUT2D eigenvalue weighted by Crippen LogP contribution is -1.91. The molecule has 0 saturated carbocycles. The zero-order valence-corrected chi connectivity index (χ0v) is 9.57. The van der Waals surface area contributed by atoms with E-state index in [0.29, 0.717) is 0 Å². The highest BCUT2D eigenvalue weighted by Gasteiger charge is 2.04. The first-order valence-electron chi connectivity index (χ1n) is 5.24. The molecule has 0 bridgehead atoms. The monoisotopic (exact) mass is 210 g/mol. The third kappa shape index (κ3) is 1.74. The Labute approximate surface area is 95.4 Å². The van der Waals surface area contributed by atoms with E-state index in [4.69, 9.17) is 0 Å². The van der Waals surface area contributed by atoms with Gasteiger partial charge in [0.2, 0.25) is 0 Å². The minimum absolute atomic E-state index is 1.02. The molecule has 0 atom stereocenters. The van der Waals surface area contributed by atoms with Crippen LogP contribution in [0.15, 0.2) is 37.2 Å². The average Bonchev–Trinajstić information content (AvgIpc) is 2.29. The molecule has 16 heavy (non-hydrogen) atoms. The van der Waals surface area contributed by atoms with Gasteiger partial charge in [-0.15, -0.1) is 0 Å². The summed E-state index contributed by atoms with van der Waals surface area (Å²) in [5, 5.41) is 1.12. The molecule has 0 spiro atoms. The number of rotatable bonds is 2. The highest BCUT2D eigenvalue weighted by molar-refractivity contribution is 5.86. The molecule has 2 rings (SSSR count). The Morgan fingerprint density at radius 1 is 1.19 bits per heavy atom. The molecule has 0 fully saturated rings. The summed E-state index contributed by atoms with van der Waals surface area (Å²) in [6, 6.07) is 4.16. The Morgan fingerprint density at radius 3 is 2.75 bits per heavy atom. The molecule has 1 aromatic carbocycles. The van der Waals surface area contributed by atoms with Gasteiger partial charge in [-0.05, 0) is 25.0 Å². The number of hydrogen-bond acceptors (Lipinski definition) is 2. The molecule has 80 valence electrons. The number of aromatic nitrogens is 2. The van der Waals surface area contributed by atoms with E-state index in [9.17, 15) is 0 Å². The van der Waals surface area contributed by atoms with Crippen molar-refractivity contribution in [2.75, 3.05) is 0 Å². The van der Waals surface area contributed by atoms with E-state index in [-0.39, 0.29) is 0 Å². The van der Waals surface area contributed by atoms with Gasteiger partial charge in [0.1, 0.15) is 6.33 Å². The molecule has 2 aromatic rings. The van der Waals surface area contributed by atoms with E-state index in [1.807, 2.05) is 19.1 Å². The molecule has 1 aromatic heterocycles. The molecule has 0 aliphatic rings. The first-order chi connectivity index (χ1) is 7.74. The lowest BCUT2D eigenvalue weighted by molar-refractivity contribution is 1.14. The van der Waals surface area contributed by atoms with Crippen LogP contribution in [0, 0.1) is 13.8 Å². The van der Waals surface area contributed by atoms with Crippen molar-refractivity contribution in [3.8, 4) is 0 Å². The first kappa shape index (κ1) is 10.6. The molecule has 0 amide bonds. The van der Waals surface area contributed by atoms with E-state index in [1.165, 1.54) is 11.1 Å². The van der Waals surface area contributed by atoms with Crippen molar-refractivity contribution in [1.29, 1.82) is 0 Å². The van der Waals surface area contributed by atoms with Gasteiger partial charge in [0.05, 0.1) is 5.52 Å². The maximum atomic E-state index is 4.34. The summed E-state index contributed by atoms with van der Waals surface area (Å²) in [6.45, 7) is 7.75. The van der Waals surface area contributed by atoms with Crippen molar-refractivity contribution >= 4 is 17.0 Å². The van der Waals surface area contributed by atoms with Gasteiger partial charge in [0.25, 0.3) is 0 Å². The summed E-state index contributed by atoms with van der Waals surface area (Å²) in [5.74, 6) is 0. The minimum atomic E-state index is 1.02. The molecule has 0 aliphatic carbocycles. The van der Waals surface area contributed by atoms with Gasteiger partial charge < -0.3 is 0 Å². The number of nitrogens with zero attached hydrogens (tertiary/aromatic N) is 2. The van der Waals surface area contributed by atoms with Crippen molar-refractivity contribution < 1.29 is 0 Å². The van der Waals surface area contributed by atoms with E-state index < -0.39 is 0 Å². The Kier molecular flexibility index (Phi) is 2.82.